The normalized spacial score (nSPS) is 11.8. The summed E-state index contributed by atoms with van der Waals surface area (Å²) in [6.45, 7) is 5.70. The van der Waals surface area contributed by atoms with Crippen molar-refractivity contribution in [3.8, 4) is 0 Å². The molecule has 7 heteroatoms. The smallest absolute Gasteiger partial charge is 0.255 e. The SMILES string of the molecule is Cc1c(Cl)cccc1S(=O)(=O)Nc1nc(C(C)C)cs1. The van der Waals surface area contributed by atoms with Crippen molar-refractivity contribution >= 4 is 38.1 Å². The summed E-state index contributed by atoms with van der Waals surface area (Å²) in [5.74, 6) is 0.261. The van der Waals surface area contributed by atoms with Gasteiger partial charge >= 0.3 is 0 Å². The van der Waals surface area contributed by atoms with Crippen LogP contribution in [-0.4, -0.2) is 13.4 Å². The van der Waals surface area contributed by atoms with Crippen LogP contribution in [0, 0.1) is 6.92 Å². The van der Waals surface area contributed by atoms with Gasteiger partial charge in [0.25, 0.3) is 10.0 Å². The molecular weight excluding hydrogens is 316 g/mol. The van der Waals surface area contributed by atoms with Gasteiger partial charge < -0.3 is 0 Å². The summed E-state index contributed by atoms with van der Waals surface area (Å²) in [7, 11) is -3.67. The predicted molar refractivity (Wildman–Crippen MR) is 83.2 cm³/mol. The molecular formula is C13H15ClN2O2S2. The second-order valence-corrected chi connectivity index (χ2v) is 7.62. The topological polar surface area (TPSA) is 59.1 Å². The quantitative estimate of drug-likeness (QED) is 0.920. The van der Waals surface area contributed by atoms with Crippen LogP contribution in [0.5, 0.6) is 0 Å². The average Bonchev–Trinajstić information content (AvgIpc) is 2.80. The van der Waals surface area contributed by atoms with Crippen molar-refractivity contribution in [3.05, 3.63) is 39.9 Å². The first-order chi connectivity index (χ1) is 9.31. The van der Waals surface area contributed by atoms with Gasteiger partial charge in [0.05, 0.1) is 10.6 Å². The summed E-state index contributed by atoms with van der Waals surface area (Å²) in [6, 6.07) is 4.81. The Bertz CT molecular complexity index is 724. The highest BCUT2D eigenvalue weighted by atomic mass is 35.5. The maximum Gasteiger partial charge on any atom is 0.263 e. The molecule has 108 valence electrons. The maximum atomic E-state index is 12.4. The molecule has 0 unspecified atom stereocenters. The summed E-state index contributed by atoms with van der Waals surface area (Å²) in [4.78, 5) is 4.44. The van der Waals surface area contributed by atoms with Crippen LogP contribution >= 0.6 is 22.9 Å². The first-order valence-corrected chi connectivity index (χ1v) is 8.78. The zero-order valence-corrected chi connectivity index (χ0v) is 13.7. The zero-order valence-electron chi connectivity index (χ0n) is 11.3. The highest BCUT2D eigenvalue weighted by Crippen LogP contribution is 2.27. The number of benzene rings is 1. The summed E-state index contributed by atoms with van der Waals surface area (Å²) < 4.78 is 27.2. The predicted octanol–water partition coefficient (Wildman–Crippen LogP) is 4.03. The molecule has 0 fully saturated rings. The third kappa shape index (κ3) is 3.13. The minimum absolute atomic E-state index is 0.172. The van der Waals surface area contributed by atoms with Crippen molar-refractivity contribution in [1.82, 2.24) is 4.98 Å². The minimum Gasteiger partial charge on any atom is -0.255 e. The van der Waals surface area contributed by atoms with Crippen molar-refractivity contribution in [2.75, 3.05) is 4.72 Å². The molecule has 1 aromatic carbocycles. The van der Waals surface area contributed by atoms with Gasteiger partial charge in [-0.15, -0.1) is 11.3 Å². The Morgan fingerprint density at radius 1 is 1.35 bits per heavy atom. The van der Waals surface area contributed by atoms with E-state index in [2.05, 4.69) is 9.71 Å². The van der Waals surface area contributed by atoms with Gasteiger partial charge in [-0.25, -0.2) is 13.4 Å². The second kappa shape index (κ2) is 5.71. The molecule has 20 heavy (non-hydrogen) atoms. The Kier molecular flexibility index (Phi) is 4.36. The molecule has 2 rings (SSSR count). The number of hydrogen-bond acceptors (Lipinski definition) is 4. The molecule has 2 aromatic rings. The Morgan fingerprint density at radius 3 is 2.65 bits per heavy atom. The van der Waals surface area contributed by atoms with Crippen molar-refractivity contribution in [2.45, 2.75) is 31.6 Å². The maximum absolute atomic E-state index is 12.4. The molecule has 0 saturated carbocycles. The van der Waals surface area contributed by atoms with Crippen LogP contribution in [0.1, 0.15) is 31.0 Å². The van der Waals surface area contributed by atoms with Crippen LogP contribution in [-0.2, 0) is 10.0 Å². The lowest BCUT2D eigenvalue weighted by Gasteiger charge is -2.09. The van der Waals surface area contributed by atoms with Crippen molar-refractivity contribution < 1.29 is 8.42 Å². The average molecular weight is 331 g/mol. The third-order valence-corrected chi connectivity index (χ3v) is 5.64. The summed E-state index contributed by atoms with van der Waals surface area (Å²) in [5.41, 5.74) is 1.40. The first kappa shape index (κ1) is 15.3. The number of nitrogens with zero attached hydrogens (tertiary/aromatic N) is 1. The fourth-order valence-corrected chi connectivity index (χ4v) is 4.27. The van der Waals surface area contributed by atoms with Crippen LogP contribution in [0.15, 0.2) is 28.5 Å². The highest BCUT2D eigenvalue weighted by molar-refractivity contribution is 7.93. The molecule has 1 N–H and O–H groups in total. The lowest BCUT2D eigenvalue weighted by atomic mass is 10.2. The van der Waals surface area contributed by atoms with Gasteiger partial charge in [-0.3, -0.25) is 4.72 Å². The Labute approximate surface area is 127 Å². The van der Waals surface area contributed by atoms with Crippen LogP contribution < -0.4 is 4.72 Å². The van der Waals surface area contributed by atoms with Gasteiger partial charge in [-0.2, -0.15) is 0 Å². The molecule has 0 aliphatic heterocycles. The number of thiazole rings is 1. The highest BCUT2D eigenvalue weighted by Gasteiger charge is 2.20. The van der Waals surface area contributed by atoms with E-state index in [1.165, 1.54) is 17.4 Å². The molecule has 1 heterocycles. The van der Waals surface area contributed by atoms with Crippen LogP contribution in [0.25, 0.3) is 0 Å². The standard InChI is InChI=1S/C13H15ClN2O2S2/c1-8(2)11-7-19-13(15-11)16-20(17,18)12-6-4-5-10(14)9(12)3/h4-8H,1-3H3,(H,15,16). The van der Waals surface area contributed by atoms with Crippen molar-refractivity contribution in [1.29, 1.82) is 0 Å². The number of halogens is 1. The molecule has 0 amide bonds. The van der Waals surface area contributed by atoms with Gasteiger partial charge in [0.2, 0.25) is 0 Å². The van der Waals surface area contributed by atoms with E-state index in [1.807, 2.05) is 19.2 Å². The summed E-state index contributed by atoms with van der Waals surface area (Å²) in [5, 5.41) is 2.65. The molecule has 0 spiro atoms. The number of sulfonamides is 1. The monoisotopic (exact) mass is 330 g/mol. The number of nitrogens with one attached hydrogen (secondary N) is 1. The van der Waals surface area contributed by atoms with Crippen molar-refractivity contribution in [2.24, 2.45) is 0 Å². The van der Waals surface area contributed by atoms with E-state index in [1.54, 1.807) is 19.1 Å². The zero-order chi connectivity index (χ0) is 14.9. The fraction of sp³-hybridized carbons (Fsp3) is 0.308. The van der Waals surface area contributed by atoms with Crippen LogP contribution in [0.4, 0.5) is 5.13 Å². The van der Waals surface area contributed by atoms with Gasteiger partial charge in [-0.1, -0.05) is 31.5 Å². The molecule has 1 aromatic heterocycles. The Hall–Kier alpha value is -1.11. The van der Waals surface area contributed by atoms with Gasteiger partial charge in [-0.05, 0) is 30.5 Å². The van der Waals surface area contributed by atoms with Gasteiger partial charge in [0, 0.05) is 10.4 Å². The van der Waals surface area contributed by atoms with Crippen molar-refractivity contribution in [3.63, 3.8) is 0 Å². The Morgan fingerprint density at radius 2 is 2.05 bits per heavy atom. The molecule has 0 bridgehead atoms. The van der Waals surface area contributed by atoms with E-state index in [0.29, 0.717) is 15.7 Å². The molecule has 0 aliphatic rings. The van der Waals surface area contributed by atoms with E-state index in [-0.39, 0.29) is 10.8 Å². The fourth-order valence-electron chi connectivity index (χ4n) is 1.65. The van der Waals surface area contributed by atoms with Gasteiger partial charge in [0.1, 0.15) is 0 Å². The summed E-state index contributed by atoms with van der Waals surface area (Å²) >= 11 is 7.24. The van der Waals surface area contributed by atoms with Crippen LogP contribution in [0.3, 0.4) is 0 Å². The lowest BCUT2D eigenvalue weighted by Crippen LogP contribution is -2.14. The number of hydrogen-bond donors (Lipinski definition) is 1. The molecule has 0 aliphatic carbocycles. The molecule has 0 saturated heterocycles. The molecule has 0 atom stereocenters. The van der Waals surface area contributed by atoms with E-state index in [4.69, 9.17) is 11.6 Å². The molecule has 0 radical (unpaired) electrons. The van der Waals surface area contributed by atoms with Crippen LogP contribution in [0.2, 0.25) is 5.02 Å². The third-order valence-electron chi connectivity index (χ3n) is 2.84. The minimum atomic E-state index is -3.67. The Balaban J connectivity index is 2.33. The van der Waals surface area contributed by atoms with E-state index in [9.17, 15) is 8.42 Å². The number of anilines is 1. The van der Waals surface area contributed by atoms with E-state index >= 15 is 0 Å². The van der Waals surface area contributed by atoms with E-state index < -0.39 is 10.0 Å². The number of rotatable bonds is 4. The lowest BCUT2D eigenvalue weighted by molar-refractivity contribution is 0.600. The number of aromatic nitrogens is 1. The van der Waals surface area contributed by atoms with Gasteiger partial charge in [0.15, 0.2) is 5.13 Å². The first-order valence-electron chi connectivity index (χ1n) is 6.04. The second-order valence-electron chi connectivity index (χ2n) is 4.70. The molecule has 4 nitrogen and oxygen atoms in total. The van der Waals surface area contributed by atoms with E-state index in [0.717, 1.165) is 5.69 Å². The largest absolute Gasteiger partial charge is 0.263 e. The summed E-state index contributed by atoms with van der Waals surface area (Å²) in [6.07, 6.45) is 0.